The number of phenols is 1. The number of nitrogens with zero attached hydrogens (tertiary/aromatic N) is 1. The summed E-state index contributed by atoms with van der Waals surface area (Å²) < 4.78 is 0. The van der Waals surface area contributed by atoms with E-state index in [4.69, 9.17) is 17.2 Å². The fraction of sp³-hybridized carbons (Fsp3) is 0.521. The largest absolute Gasteiger partial charge is 0.508 e. The van der Waals surface area contributed by atoms with Crippen LogP contribution in [-0.4, -0.2) is 136 Å². The van der Waals surface area contributed by atoms with Gasteiger partial charge in [0, 0.05) is 37.3 Å². The number of hydrogen-bond donors (Lipinski definition) is 11. The lowest BCUT2D eigenvalue weighted by Crippen LogP contribution is -2.61. The summed E-state index contributed by atoms with van der Waals surface area (Å²) in [7, 11) is 2.20. The molecule has 0 aromatic heterocycles. The molecule has 25 heteroatoms. The zero-order valence-corrected chi connectivity index (χ0v) is 43.3. The topological polar surface area (TPSA) is 374 Å². The van der Waals surface area contributed by atoms with Gasteiger partial charge in [-0.25, -0.2) is 0 Å². The summed E-state index contributed by atoms with van der Waals surface area (Å²) in [4.78, 5) is 149. The maximum Gasteiger partial charge on any atom is 0.246 e. The Balaban J connectivity index is 2.11. The SMILES string of the molecule is CC[C@H](C)[C@@H]1NC(=O)[C@H](Cc2ccc(O)cc2)NC(=O)CCSSC[C@@H](C(=O)N(CC(=O)N[C@@H](CC(C)C)C(=O)NCC(N)=O)Cc2cccc(C)c2)NC(=O)[C@H](CC(N)=O)NC(=O)[C@H](CCC(N)=O)NC1=O. The minimum atomic E-state index is -1.77. The highest BCUT2D eigenvalue weighted by molar-refractivity contribution is 8.76. The summed E-state index contributed by atoms with van der Waals surface area (Å²) in [6.45, 7) is 7.55. The second kappa shape index (κ2) is 30.2. The van der Waals surface area contributed by atoms with Crippen LogP contribution >= 0.6 is 21.6 Å². The van der Waals surface area contributed by atoms with E-state index >= 15 is 0 Å². The van der Waals surface area contributed by atoms with Crippen LogP contribution in [0.1, 0.15) is 82.9 Å². The van der Waals surface area contributed by atoms with Gasteiger partial charge in [-0.1, -0.05) is 97.7 Å². The summed E-state index contributed by atoms with van der Waals surface area (Å²) in [6.07, 6.45) is -1.33. The van der Waals surface area contributed by atoms with Gasteiger partial charge in [-0.3, -0.25) is 52.7 Å². The second-order valence-corrected chi connectivity index (χ2v) is 20.8. The van der Waals surface area contributed by atoms with E-state index in [1.165, 1.54) is 12.1 Å². The van der Waals surface area contributed by atoms with E-state index in [9.17, 15) is 57.8 Å². The first kappa shape index (κ1) is 60.4. The van der Waals surface area contributed by atoms with Crippen LogP contribution in [0.25, 0.3) is 0 Å². The quantitative estimate of drug-likeness (QED) is 0.0695. The van der Waals surface area contributed by atoms with Gasteiger partial charge in [0.15, 0.2) is 0 Å². The number of aromatic hydroxyl groups is 1. The molecule has 0 radical (unpaired) electrons. The number of carbonyl (C=O) groups excluding carboxylic acids is 11. The van der Waals surface area contributed by atoms with Crippen LogP contribution in [0.5, 0.6) is 5.75 Å². The highest BCUT2D eigenvalue weighted by Crippen LogP contribution is 2.24. The molecule has 0 spiro atoms. The van der Waals surface area contributed by atoms with Crippen LogP contribution in [0.4, 0.5) is 0 Å². The molecule has 1 fully saturated rings. The third kappa shape index (κ3) is 21.8. The fourth-order valence-electron chi connectivity index (χ4n) is 7.43. The van der Waals surface area contributed by atoms with Gasteiger partial charge in [-0.2, -0.15) is 0 Å². The number of benzene rings is 2. The first-order valence-electron chi connectivity index (χ1n) is 23.8. The Hall–Kier alpha value is -6.89. The van der Waals surface area contributed by atoms with Crippen LogP contribution in [0.15, 0.2) is 48.5 Å². The average Bonchev–Trinajstić information content (AvgIpc) is 3.31. The van der Waals surface area contributed by atoms with E-state index in [0.717, 1.165) is 32.1 Å². The summed E-state index contributed by atoms with van der Waals surface area (Å²) >= 11 is 0. The summed E-state index contributed by atoms with van der Waals surface area (Å²) in [6, 6.07) is 4.45. The Morgan fingerprint density at radius 3 is 2.05 bits per heavy atom. The lowest BCUT2D eigenvalue weighted by molar-refractivity contribution is -0.141. The Morgan fingerprint density at radius 2 is 1.44 bits per heavy atom. The van der Waals surface area contributed by atoms with Crippen molar-refractivity contribution in [1.29, 1.82) is 0 Å². The molecule has 14 N–H and O–H groups in total. The van der Waals surface area contributed by atoms with Crippen LogP contribution < -0.4 is 54.4 Å². The summed E-state index contributed by atoms with van der Waals surface area (Å²) in [5, 5.41) is 27.9. The van der Waals surface area contributed by atoms with Gasteiger partial charge in [0.05, 0.1) is 19.5 Å². The van der Waals surface area contributed by atoms with Crippen molar-refractivity contribution >= 4 is 86.6 Å². The number of phenolic OH excluding ortho intramolecular Hbond substituents is 1. The molecule has 1 aliphatic heterocycles. The molecular formula is C48H69N11O12S2. The summed E-state index contributed by atoms with van der Waals surface area (Å²) in [5.74, 6) is -10.1. The molecule has 7 atom stereocenters. The van der Waals surface area contributed by atoms with E-state index in [1.807, 2.05) is 26.8 Å². The maximum absolute atomic E-state index is 14.9. The molecular weight excluding hydrogens is 987 g/mol. The number of aryl methyl sites for hydroxylation is 1. The van der Waals surface area contributed by atoms with Crippen molar-refractivity contribution in [1.82, 2.24) is 42.1 Å². The molecule has 0 unspecified atom stereocenters. The zero-order chi connectivity index (χ0) is 54.4. The number of rotatable bonds is 20. The van der Waals surface area contributed by atoms with Gasteiger partial charge in [-0.15, -0.1) is 0 Å². The number of amides is 11. The first-order chi connectivity index (χ1) is 34.4. The summed E-state index contributed by atoms with van der Waals surface area (Å²) in [5.41, 5.74) is 18.2. The minimum absolute atomic E-state index is 0.0313. The van der Waals surface area contributed by atoms with Gasteiger partial charge in [0.25, 0.3) is 0 Å². The Labute approximate surface area is 431 Å². The molecule has 2 aromatic carbocycles. The monoisotopic (exact) mass is 1060 g/mol. The standard InChI is InChI=1S/C48H69N11O12S2/c1-6-28(5)42-47(70)55-32(14-15-37(49)61)44(67)56-35(21-38(50)62)45(68)57-36(25-73-72-17-16-40(64)53-34(46(69)58-42)20-29-10-12-31(60)13-11-29)48(71)59(23-30-9-7-8-27(4)19-30)24-41(65)54-33(18-26(2)3)43(66)52-22-39(51)63/h7-13,19,26,28,32-36,42,60H,6,14-18,20-25H2,1-5H3,(H2,49,61)(H2,50,62)(H2,51,63)(H,52,66)(H,53,64)(H,54,65)(H,55,70)(H,56,67)(H,57,68)(H,58,69)/t28-,32-,33-,34-,35-,36-,42-/m0/s1. The van der Waals surface area contributed by atoms with Crippen molar-refractivity contribution in [2.75, 3.05) is 24.6 Å². The molecule has 1 aliphatic rings. The van der Waals surface area contributed by atoms with E-state index in [2.05, 4.69) is 37.2 Å². The van der Waals surface area contributed by atoms with Crippen molar-refractivity contribution in [2.45, 2.75) is 122 Å². The van der Waals surface area contributed by atoms with Crippen molar-refractivity contribution in [2.24, 2.45) is 29.0 Å². The number of hydrogen-bond acceptors (Lipinski definition) is 14. The molecule has 0 saturated carbocycles. The second-order valence-electron chi connectivity index (χ2n) is 18.2. The van der Waals surface area contributed by atoms with Crippen LogP contribution in [0.3, 0.4) is 0 Å². The molecule has 1 saturated heterocycles. The average molecular weight is 1060 g/mol. The van der Waals surface area contributed by atoms with Gasteiger partial charge in [0.2, 0.25) is 65.0 Å². The lowest BCUT2D eigenvalue weighted by Gasteiger charge is -2.30. The molecule has 400 valence electrons. The van der Waals surface area contributed by atoms with E-state index in [1.54, 1.807) is 44.2 Å². The van der Waals surface area contributed by atoms with Crippen molar-refractivity contribution in [3.05, 3.63) is 65.2 Å². The molecule has 2 aromatic rings. The van der Waals surface area contributed by atoms with E-state index in [-0.39, 0.29) is 49.0 Å². The molecule has 73 heavy (non-hydrogen) atoms. The van der Waals surface area contributed by atoms with Gasteiger partial charge in [0.1, 0.15) is 42.0 Å². The molecule has 11 amide bonds. The van der Waals surface area contributed by atoms with Gasteiger partial charge >= 0.3 is 0 Å². The predicted octanol–water partition coefficient (Wildman–Crippen LogP) is -1.20. The highest BCUT2D eigenvalue weighted by atomic mass is 33.1. The van der Waals surface area contributed by atoms with Gasteiger partial charge in [-0.05, 0) is 54.9 Å². The first-order valence-corrected chi connectivity index (χ1v) is 26.2. The third-order valence-corrected chi connectivity index (χ3v) is 13.8. The number of nitrogens with two attached hydrogens (primary N) is 3. The van der Waals surface area contributed by atoms with Crippen LogP contribution in [-0.2, 0) is 65.7 Å². The molecule has 0 bridgehead atoms. The zero-order valence-electron chi connectivity index (χ0n) is 41.7. The smallest absolute Gasteiger partial charge is 0.246 e. The van der Waals surface area contributed by atoms with Crippen molar-refractivity contribution < 1.29 is 57.8 Å². The minimum Gasteiger partial charge on any atom is -0.508 e. The Kier molecular flexibility index (Phi) is 25.0. The fourth-order valence-corrected chi connectivity index (χ4v) is 9.58. The number of carbonyl (C=O) groups is 11. The van der Waals surface area contributed by atoms with Crippen LogP contribution in [0, 0.1) is 18.8 Å². The number of primary amides is 3. The van der Waals surface area contributed by atoms with Crippen molar-refractivity contribution in [3.8, 4) is 5.75 Å². The molecule has 23 nitrogen and oxygen atoms in total. The Morgan fingerprint density at radius 1 is 0.781 bits per heavy atom. The van der Waals surface area contributed by atoms with Crippen LogP contribution in [0.2, 0.25) is 0 Å². The van der Waals surface area contributed by atoms with Gasteiger partial charge < -0.3 is 64.4 Å². The lowest BCUT2D eigenvalue weighted by atomic mass is 9.96. The maximum atomic E-state index is 14.9. The van der Waals surface area contributed by atoms with E-state index < -0.39 is 139 Å². The predicted molar refractivity (Wildman–Crippen MR) is 273 cm³/mol. The molecule has 3 rings (SSSR count). The highest BCUT2D eigenvalue weighted by Gasteiger charge is 2.36. The van der Waals surface area contributed by atoms with Crippen molar-refractivity contribution in [3.63, 3.8) is 0 Å². The van der Waals surface area contributed by atoms with E-state index in [0.29, 0.717) is 17.5 Å². The Bertz CT molecular complexity index is 2300. The molecule has 0 aliphatic carbocycles. The molecule has 1 heterocycles. The third-order valence-electron chi connectivity index (χ3n) is 11.4. The number of nitrogens with one attached hydrogen (secondary N) is 7. The normalized spacial score (nSPS) is 20.4.